The second-order valence-corrected chi connectivity index (χ2v) is 6.55. The fourth-order valence-electron chi connectivity index (χ4n) is 3.07. The quantitative estimate of drug-likeness (QED) is 0.768. The third-order valence-corrected chi connectivity index (χ3v) is 4.58. The van der Waals surface area contributed by atoms with Crippen LogP contribution in [0.3, 0.4) is 0 Å². The van der Waals surface area contributed by atoms with Crippen molar-refractivity contribution in [2.24, 2.45) is 5.92 Å². The van der Waals surface area contributed by atoms with Gasteiger partial charge in [0.1, 0.15) is 5.75 Å². The molecule has 5 heteroatoms. The average molecular weight is 332 g/mol. The van der Waals surface area contributed by atoms with E-state index in [0.717, 1.165) is 44.3 Å². The topological polar surface area (TPSA) is 67.4 Å². The number of nitrogens with one attached hydrogen (secondary N) is 2. The van der Waals surface area contributed by atoms with Gasteiger partial charge in [-0.2, -0.15) is 0 Å². The van der Waals surface area contributed by atoms with Crippen LogP contribution < -0.4 is 15.4 Å². The summed E-state index contributed by atoms with van der Waals surface area (Å²) in [7, 11) is 1.65. The largest absolute Gasteiger partial charge is 0.497 e. The minimum absolute atomic E-state index is 0.0218. The maximum absolute atomic E-state index is 11.9. The minimum Gasteiger partial charge on any atom is -0.497 e. The van der Waals surface area contributed by atoms with Gasteiger partial charge in [0, 0.05) is 12.0 Å². The highest BCUT2D eigenvalue weighted by Gasteiger charge is 2.22. The molecule has 132 valence electrons. The van der Waals surface area contributed by atoms with Crippen molar-refractivity contribution in [3.63, 3.8) is 0 Å². The number of carbonyl (C=O) groups is 2. The number of carbonyl (C=O) groups excluding carboxylic acids is 2. The third kappa shape index (κ3) is 5.87. The van der Waals surface area contributed by atoms with Crippen molar-refractivity contribution in [2.75, 3.05) is 13.7 Å². The predicted octanol–water partition coefficient (Wildman–Crippen LogP) is 2.44. The van der Waals surface area contributed by atoms with Crippen molar-refractivity contribution in [3.05, 3.63) is 29.8 Å². The van der Waals surface area contributed by atoms with Crippen LogP contribution in [0.25, 0.3) is 0 Å². The molecule has 2 rings (SSSR count). The number of aryl methyl sites for hydroxylation is 1. The van der Waals surface area contributed by atoms with E-state index in [0.29, 0.717) is 0 Å². The molecule has 1 aliphatic carbocycles. The monoisotopic (exact) mass is 332 g/mol. The van der Waals surface area contributed by atoms with E-state index in [4.69, 9.17) is 4.74 Å². The highest BCUT2D eigenvalue weighted by Crippen LogP contribution is 2.24. The molecule has 1 saturated carbocycles. The second-order valence-electron chi connectivity index (χ2n) is 6.55. The molecule has 1 aromatic rings. The van der Waals surface area contributed by atoms with Crippen molar-refractivity contribution in [2.45, 2.75) is 51.5 Å². The molecule has 2 amide bonds. The fraction of sp³-hybridized carbons (Fsp3) is 0.579. The number of hydrogen-bond donors (Lipinski definition) is 2. The molecule has 0 saturated heterocycles. The van der Waals surface area contributed by atoms with Crippen LogP contribution in [0.4, 0.5) is 0 Å². The Bertz CT molecular complexity index is 536. The summed E-state index contributed by atoms with van der Waals surface area (Å²) in [5, 5.41) is 5.69. The number of hydrogen-bond acceptors (Lipinski definition) is 3. The molecule has 1 aliphatic rings. The predicted molar refractivity (Wildman–Crippen MR) is 93.9 cm³/mol. The Morgan fingerprint density at radius 1 is 1.21 bits per heavy atom. The molecular weight excluding hydrogens is 304 g/mol. The van der Waals surface area contributed by atoms with Crippen molar-refractivity contribution >= 4 is 11.8 Å². The molecule has 0 bridgehead atoms. The number of methoxy groups -OCH3 is 1. The summed E-state index contributed by atoms with van der Waals surface area (Å²) in [5.74, 6) is 0.848. The minimum atomic E-state index is -0.122. The maximum atomic E-state index is 11.9. The van der Waals surface area contributed by atoms with E-state index < -0.39 is 0 Å². The molecule has 5 nitrogen and oxygen atoms in total. The lowest BCUT2D eigenvalue weighted by atomic mass is 10.1. The summed E-state index contributed by atoms with van der Waals surface area (Å²) in [6.45, 7) is 2.06. The standard InChI is InChI=1S/C19H28N2O3/c1-14(7-8-15-9-11-17(24-2)12-10-15)21-18(22)13-20-19(23)16-5-3-4-6-16/h9-12,14,16H,3-8,13H2,1-2H3,(H,20,23)(H,21,22)/t14-/m1/s1. The molecule has 0 aromatic heterocycles. The first-order valence-corrected chi connectivity index (χ1v) is 8.78. The van der Waals surface area contributed by atoms with Crippen LogP contribution >= 0.6 is 0 Å². The maximum Gasteiger partial charge on any atom is 0.239 e. The molecule has 0 radical (unpaired) electrons. The van der Waals surface area contributed by atoms with E-state index in [-0.39, 0.29) is 30.3 Å². The Hall–Kier alpha value is -2.04. The Balaban J connectivity index is 1.64. The van der Waals surface area contributed by atoms with Crippen LogP contribution in [0.1, 0.15) is 44.6 Å². The molecule has 1 aromatic carbocycles. The summed E-state index contributed by atoms with van der Waals surface area (Å²) < 4.78 is 5.14. The molecule has 1 fully saturated rings. The molecule has 0 unspecified atom stereocenters. The second kappa shape index (κ2) is 9.30. The first-order chi connectivity index (χ1) is 11.6. The van der Waals surface area contributed by atoms with Crippen molar-refractivity contribution in [1.82, 2.24) is 10.6 Å². The van der Waals surface area contributed by atoms with Crippen LogP contribution in [-0.2, 0) is 16.0 Å². The molecule has 0 aliphatic heterocycles. The van der Waals surface area contributed by atoms with Gasteiger partial charge in [-0.1, -0.05) is 25.0 Å². The van der Waals surface area contributed by atoms with Crippen LogP contribution in [0.2, 0.25) is 0 Å². The third-order valence-electron chi connectivity index (χ3n) is 4.58. The lowest BCUT2D eigenvalue weighted by Crippen LogP contribution is -2.42. The van der Waals surface area contributed by atoms with E-state index in [9.17, 15) is 9.59 Å². The first-order valence-electron chi connectivity index (χ1n) is 8.78. The highest BCUT2D eigenvalue weighted by molar-refractivity contribution is 5.86. The van der Waals surface area contributed by atoms with Crippen LogP contribution in [0.15, 0.2) is 24.3 Å². The molecule has 0 spiro atoms. The SMILES string of the molecule is COc1ccc(CC[C@@H](C)NC(=O)CNC(=O)C2CCCC2)cc1. The van der Waals surface area contributed by atoms with Gasteiger partial charge in [0.15, 0.2) is 0 Å². The van der Waals surface area contributed by atoms with Gasteiger partial charge < -0.3 is 15.4 Å². The zero-order valence-electron chi connectivity index (χ0n) is 14.6. The molecule has 24 heavy (non-hydrogen) atoms. The Labute approximate surface area is 144 Å². The van der Waals surface area contributed by atoms with Crippen molar-refractivity contribution < 1.29 is 14.3 Å². The molecule has 0 heterocycles. The van der Waals surface area contributed by atoms with Gasteiger partial charge in [0.2, 0.25) is 11.8 Å². The zero-order chi connectivity index (χ0) is 17.4. The molecular formula is C19H28N2O3. The highest BCUT2D eigenvalue weighted by atomic mass is 16.5. The van der Waals surface area contributed by atoms with Gasteiger partial charge in [-0.25, -0.2) is 0 Å². The van der Waals surface area contributed by atoms with E-state index in [2.05, 4.69) is 10.6 Å². The number of amides is 2. The van der Waals surface area contributed by atoms with Crippen molar-refractivity contribution in [1.29, 1.82) is 0 Å². The Kier molecular flexibility index (Phi) is 7.09. The summed E-state index contributed by atoms with van der Waals surface area (Å²) in [4.78, 5) is 23.8. The fourth-order valence-corrected chi connectivity index (χ4v) is 3.07. The van der Waals surface area contributed by atoms with Gasteiger partial charge in [0.25, 0.3) is 0 Å². The zero-order valence-corrected chi connectivity index (χ0v) is 14.6. The smallest absolute Gasteiger partial charge is 0.239 e. The summed E-state index contributed by atoms with van der Waals surface area (Å²) in [6.07, 6.45) is 5.88. The van der Waals surface area contributed by atoms with Gasteiger partial charge in [-0.15, -0.1) is 0 Å². The Morgan fingerprint density at radius 2 is 1.88 bits per heavy atom. The van der Waals surface area contributed by atoms with Gasteiger partial charge in [-0.3, -0.25) is 9.59 Å². The van der Waals surface area contributed by atoms with Gasteiger partial charge >= 0.3 is 0 Å². The Morgan fingerprint density at radius 3 is 2.50 bits per heavy atom. The van der Waals surface area contributed by atoms with E-state index in [1.54, 1.807) is 7.11 Å². The van der Waals surface area contributed by atoms with Gasteiger partial charge in [0.05, 0.1) is 13.7 Å². The number of benzene rings is 1. The van der Waals surface area contributed by atoms with Crippen molar-refractivity contribution in [3.8, 4) is 5.75 Å². The number of rotatable bonds is 8. The van der Waals surface area contributed by atoms with Crippen LogP contribution in [0.5, 0.6) is 5.75 Å². The molecule has 2 N–H and O–H groups in total. The normalized spacial score (nSPS) is 15.8. The first kappa shape index (κ1) is 18.3. The lowest BCUT2D eigenvalue weighted by molar-refractivity contribution is -0.128. The van der Waals surface area contributed by atoms with Crippen LogP contribution in [0, 0.1) is 5.92 Å². The summed E-state index contributed by atoms with van der Waals surface area (Å²) in [6, 6.07) is 8.03. The summed E-state index contributed by atoms with van der Waals surface area (Å²) in [5.41, 5.74) is 1.21. The van der Waals surface area contributed by atoms with Gasteiger partial charge in [-0.05, 0) is 50.3 Å². The van der Waals surface area contributed by atoms with E-state index in [1.807, 2.05) is 31.2 Å². The summed E-state index contributed by atoms with van der Waals surface area (Å²) >= 11 is 0. The number of ether oxygens (including phenoxy) is 1. The van der Waals surface area contributed by atoms with Crippen LogP contribution in [-0.4, -0.2) is 31.5 Å². The molecule has 1 atom stereocenters. The van der Waals surface area contributed by atoms with E-state index >= 15 is 0 Å². The lowest BCUT2D eigenvalue weighted by Gasteiger charge is -2.15. The van der Waals surface area contributed by atoms with E-state index in [1.165, 1.54) is 5.56 Å². The average Bonchev–Trinajstić information content (AvgIpc) is 3.13.